The van der Waals surface area contributed by atoms with Crippen LogP contribution in [-0.2, 0) is 4.79 Å². The first kappa shape index (κ1) is 16.1. The molecule has 3 nitrogen and oxygen atoms in total. The molecule has 0 spiro atoms. The molecular formula is C20H26N2O. The summed E-state index contributed by atoms with van der Waals surface area (Å²) < 4.78 is 0. The molecule has 0 aromatic heterocycles. The highest BCUT2D eigenvalue weighted by Crippen LogP contribution is 2.25. The summed E-state index contributed by atoms with van der Waals surface area (Å²) in [6.07, 6.45) is 4.74. The molecule has 0 aliphatic carbocycles. The summed E-state index contributed by atoms with van der Waals surface area (Å²) in [4.78, 5) is 16.8. The summed E-state index contributed by atoms with van der Waals surface area (Å²) in [5.74, 6) is 6.94. The van der Waals surface area contributed by atoms with Crippen molar-refractivity contribution in [2.45, 2.75) is 38.6 Å². The van der Waals surface area contributed by atoms with Gasteiger partial charge in [0, 0.05) is 19.2 Å². The molecule has 23 heavy (non-hydrogen) atoms. The number of likely N-dealkylation sites (tertiary alicyclic amines) is 2. The van der Waals surface area contributed by atoms with Crippen LogP contribution in [0.1, 0.15) is 36.8 Å². The van der Waals surface area contributed by atoms with Gasteiger partial charge in [-0.3, -0.25) is 4.79 Å². The summed E-state index contributed by atoms with van der Waals surface area (Å²) in [6, 6.07) is 8.28. The zero-order chi connectivity index (χ0) is 16.2. The van der Waals surface area contributed by atoms with Crippen LogP contribution in [-0.4, -0.2) is 48.4 Å². The van der Waals surface area contributed by atoms with E-state index < -0.39 is 0 Å². The Morgan fingerprint density at radius 1 is 1.22 bits per heavy atom. The largest absolute Gasteiger partial charge is 0.332 e. The second kappa shape index (κ2) is 7.19. The van der Waals surface area contributed by atoms with Crippen LogP contribution in [0.25, 0.3) is 0 Å². The van der Waals surface area contributed by atoms with Gasteiger partial charge in [-0.1, -0.05) is 30.4 Å². The van der Waals surface area contributed by atoms with Crippen molar-refractivity contribution < 1.29 is 4.79 Å². The van der Waals surface area contributed by atoms with Gasteiger partial charge in [-0.2, -0.15) is 0 Å². The minimum Gasteiger partial charge on any atom is -0.332 e. The van der Waals surface area contributed by atoms with E-state index in [1.54, 1.807) is 0 Å². The van der Waals surface area contributed by atoms with Crippen molar-refractivity contribution in [3.63, 3.8) is 0 Å². The first-order valence-corrected chi connectivity index (χ1v) is 8.71. The molecule has 2 heterocycles. The Bertz CT molecular complexity index is 622. The maximum Gasteiger partial charge on any atom is 0.227 e. The van der Waals surface area contributed by atoms with E-state index in [9.17, 15) is 4.79 Å². The van der Waals surface area contributed by atoms with E-state index in [2.05, 4.69) is 35.8 Å². The molecule has 1 amide bonds. The number of rotatable bonds is 2. The van der Waals surface area contributed by atoms with Crippen LogP contribution >= 0.6 is 0 Å². The number of piperidine rings is 1. The van der Waals surface area contributed by atoms with Crippen molar-refractivity contribution in [1.82, 2.24) is 9.80 Å². The fourth-order valence-electron chi connectivity index (χ4n) is 3.62. The van der Waals surface area contributed by atoms with Gasteiger partial charge in [0.15, 0.2) is 0 Å². The molecule has 2 atom stereocenters. The van der Waals surface area contributed by atoms with Crippen molar-refractivity contribution >= 4 is 5.91 Å². The minimum absolute atomic E-state index is 0.0535. The fraction of sp³-hybridized carbons (Fsp3) is 0.550. The van der Waals surface area contributed by atoms with Crippen molar-refractivity contribution in [2.24, 2.45) is 5.92 Å². The predicted molar refractivity (Wildman–Crippen MR) is 93.0 cm³/mol. The van der Waals surface area contributed by atoms with Gasteiger partial charge in [0.1, 0.15) is 0 Å². The summed E-state index contributed by atoms with van der Waals surface area (Å²) >= 11 is 0. The van der Waals surface area contributed by atoms with E-state index in [1.165, 1.54) is 24.8 Å². The minimum atomic E-state index is 0.0535. The number of amides is 1. The number of benzene rings is 1. The Balaban J connectivity index is 1.64. The zero-order valence-corrected chi connectivity index (χ0v) is 14.2. The van der Waals surface area contributed by atoms with Crippen molar-refractivity contribution in [1.29, 1.82) is 0 Å². The average molecular weight is 310 g/mol. The summed E-state index contributed by atoms with van der Waals surface area (Å²) in [5, 5.41) is 0. The standard InChI is InChI=1S/C20H26N2O/c1-16-7-6-8-17(13-16)9-10-19-14-18(20(23)21(19)2)15-22-11-4-3-5-12-22/h6-8,13,18-19H,3-5,11-12,14-15H2,1-2H3/t18-,19-/m0/s1. The monoisotopic (exact) mass is 310 g/mol. The lowest BCUT2D eigenvalue weighted by Gasteiger charge is -2.28. The molecule has 2 fully saturated rings. The quantitative estimate of drug-likeness (QED) is 0.784. The molecule has 3 rings (SSSR count). The van der Waals surface area contributed by atoms with Gasteiger partial charge in [0.25, 0.3) is 0 Å². The highest BCUT2D eigenvalue weighted by molar-refractivity contribution is 5.82. The number of aryl methyl sites for hydroxylation is 1. The van der Waals surface area contributed by atoms with Crippen molar-refractivity contribution in [2.75, 3.05) is 26.7 Å². The van der Waals surface area contributed by atoms with Crippen LogP contribution in [0.5, 0.6) is 0 Å². The number of nitrogens with zero attached hydrogens (tertiary/aromatic N) is 2. The van der Waals surface area contributed by atoms with Gasteiger partial charge in [0.05, 0.1) is 12.0 Å². The Hall–Kier alpha value is -1.79. The molecule has 0 radical (unpaired) electrons. The molecule has 2 saturated heterocycles. The first-order chi connectivity index (χ1) is 11.1. The molecular weight excluding hydrogens is 284 g/mol. The van der Waals surface area contributed by atoms with Crippen LogP contribution in [0.15, 0.2) is 24.3 Å². The molecule has 122 valence electrons. The van der Waals surface area contributed by atoms with Gasteiger partial charge in [-0.05, 0) is 57.0 Å². The topological polar surface area (TPSA) is 23.6 Å². The van der Waals surface area contributed by atoms with Crippen molar-refractivity contribution in [3.8, 4) is 11.8 Å². The summed E-state index contributed by atoms with van der Waals surface area (Å²) in [6.45, 7) is 5.27. The molecule has 0 saturated carbocycles. The van der Waals surface area contributed by atoms with Crippen LogP contribution in [0, 0.1) is 24.7 Å². The predicted octanol–water partition coefficient (Wildman–Crippen LogP) is 2.68. The van der Waals surface area contributed by atoms with Gasteiger partial charge < -0.3 is 9.80 Å². The Morgan fingerprint density at radius 3 is 2.74 bits per heavy atom. The molecule has 0 bridgehead atoms. The molecule has 1 aromatic carbocycles. The molecule has 1 aromatic rings. The third-order valence-electron chi connectivity index (χ3n) is 5.00. The molecule has 2 aliphatic rings. The summed E-state index contributed by atoms with van der Waals surface area (Å²) in [7, 11) is 1.90. The molecule has 2 aliphatic heterocycles. The van der Waals surface area contributed by atoms with E-state index in [-0.39, 0.29) is 17.9 Å². The van der Waals surface area contributed by atoms with Gasteiger partial charge in [-0.15, -0.1) is 0 Å². The Kier molecular flexibility index (Phi) is 5.03. The number of carbonyl (C=O) groups is 1. The highest BCUT2D eigenvalue weighted by atomic mass is 16.2. The lowest BCUT2D eigenvalue weighted by molar-refractivity contribution is -0.130. The molecule has 0 N–H and O–H groups in total. The molecule has 3 heteroatoms. The second-order valence-corrected chi connectivity index (χ2v) is 6.90. The average Bonchev–Trinajstić information content (AvgIpc) is 2.82. The smallest absolute Gasteiger partial charge is 0.227 e. The van der Waals surface area contributed by atoms with Crippen LogP contribution in [0.2, 0.25) is 0 Å². The fourth-order valence-corrected chi connectivity index (χ4v) is 3.62. The zero-order valence-electron chi connectivity index (χ0n) is 14.2. The van der Waals surface area contributed by atoms with E-state index in [0.717, 1.165) is 31.6 Å². The van der Waals surface area contributed by atoms with Gasteiger partial charge in [-0.25, -0.2) is 0 Å². The lowest BCUT2D eigenvalue weighted by Crippen LogP contribution is -2.37. The van der Waals surface area contributed by atoms with Crippen LogP contribution in [0.4, 0.5) is 0 Å². The highest BCUT2D eigenvalue weighted by Gasteiger charge is 2.37. The number of hydrogen-bond acceptors (Lipinski definition) is 2. The van der Waals surface area contributed by atoms with Crippen LogP contribution < -0.4 is 0 Å². The van der Waals surface area contributed by atoms with Gasteiger partial charge >= 0.3 is 0 Å². The normalized spacial score (nSPS) is 25.3. The Morgan fingerprint density at radius 2 is 2.00 bits per heavy atom. The third kappa shape index (κ3) is 3.95. The second-order valence-electron chi connectivity index (χ2n) is 6.90. The molecule has 0 unspecified atom stereocenters. The third-order valence-corrected chi connectivity index (χ3v) is 5.00. The van der Waals surface area contributed by atoms with Gasteiger partial charge in [0.2, 0.25) is 5.91 Å². The van der Waals surface area contributed by atoms with Crippen LogP contribution in [0.3, 0.4) is 0 Å². The number of hydrogen-bond donors (Lipinski definition) is 0. The first-order valence-electron chi connectivity index (χ1n) is 8.71. The van der Waals surface area contributed by atoms with Crippen molar-refractivity contribution in [3.05, 3.63) is 35.4 Å². The lowest BCUT2D eigenvalue weighted by atomic mass is 10.0. The van der Waals surface area contributed by atoms with E-state index in [4.69, 9.17) is 0 Å². The maximum absolute atomic E-state index is 12.5. The maximum atomic E-state index is 12.5. The Labute approximate surface area is 139 Å². The SMILES string of the molecule is Cc1cccc(C#C[C@H]2C[C@@H](CN3CCCCC3)C(=O)N2C)c1. The number of carbonyl (C=O) groups excluding carboxylic acids is 1. The van der Waals surface area contributed by atoms with E-state index >= 15 is 0 Å². The van der Waals surface area contributed by atoms with E-state index in [0.29, 0.717) is 0 Å². The van der Waals surface area contributed by atoms with E-state index in [1.807, 2.05) is 24.1 Å². The summed E-state index contributed by atoms with van der Waals surface area (Å²) in [5.41, 5.74) is 2.25.